The number of rotatable bonds is 2. The summed E-state index contributed by atoms with van der Waals surface area (Å²) in [4.78, 5) is 11.4. The van der Waals surface area contributed by atoms with E-state index in [-0.39, 0.29) is 5.97 Å². The van der Waals surface area contributed by atoms with E-state index in [0.29, 0.717) is 11.5 Å². The molecule has 1 aliphatic rings. The molecule has 0 unspecified atom stereocenters. The predicted octanol–water partition coefficient (Wildman–Crippen LogP) is 1.44. The zero-order valence-corrected chi connectivity index (χ0v) is 11.0. The zero-order chi connectivity index (χ0) is 13.4. The van der Waals surface area contributed by atoms with Crippen molar-refractivity contribution < 1.29 is 9.53 Å². The summed E-state index contributed by atoms with van der Waals surface area (Å²) < 4.78 is 8.41. The Labute approximate surface area is 111 Å². The van der Waals surface area contributed by atoms with E-state index in [0.717, 1.165) is 25.1 Å². The summed E-state index contributed by atoms with van der Waals surface area (Å²) in [5.41, 5.74) is 2.58. The van der Waals surface area contributed by atoms with Crippen molar-refractivity contribution in [3.63, 3.8) is 0 Å². The van der Waals surface area contributed by atoms with Gasteiger partial charge in [-0.05, 0) is 18.8 Å². The summed E-state index contributed by atoms with van der Waals surface area (Å²) in [6.07, 6.45) is 7.15. The van der Waals surface area contributed by atoms with Crippen LogP contribution in [-0.4, -0.2) is 32.6 Å². The summed E-state index contributed by atoms with van der Waals surface area (Å²) >= 11 is 0. The molecule has 0 N–H and O–H groups in total. The number of fused-ring (bicyclic) bond motifs is 1. The summed E-state index contributed by atoms with van der Waals surface area (Å²) in [6, 6.07) is 0. The highest BCUT2D eigenvalue weighted by Gasteiger charge is 2.21. The number of hydrogen-bond donors (Lipinski definition) is 0. The molecule has 19 heavy (non-hydrogen) atoms. The molecule has 0 spiro atoms. The van der Waals surface area contributed by atoms with Crippen LogP contribution in [0.2, 0.25) is 0 Å². The molecule has 6 heteroatoms. The lowest BCUT2D eigenvalue weighted by molar-refractivity contribution is 0.0600. The Bertz CT molecular complexity index is 614. The maximum Gasteiger partial charge on any atom is 0.341 e. The van der Waals surface area contributed by atoms with Gasteiger partial charge in [0.1, 0.15) is 5.69 Å². The standard InChI is InChI=1S/C13H16N4O2/c1-9-3-4-11-12(6-15-16(11)7-9)17-8-10(5-14-17)13(18)19-2/h5-6,8-9H,3-4,7H2,1-2H3/t9-/m0/s1. The summed E-state index contributed by atoms with van der Waals surface area (Å²) in [5, 5.41) is 8.61. The molecule has 0 saturated heterocycles. The van der Waals surface area contributed by atoms with Gasteiger partial charge in [0, 0.05) is 12.7 Å². The molecule has 0 radical (unpaired) electrons. The van der Waals surface area contributed by atoms with Gasteiger partial charge in [-0.2, -0.15) is 10.2 Å². The minimum atomic E-state index is -0.374. The van der Waals surface area contributed by atoms with Crippen LogP contribution in [0.3, 0.4) is 0 Å². The highest BCUT2D eigenvalue weighted by molar-refractivity contribution is 5.88. The topological polar surface area (TPSA) is 61.9 Å². The molecule has 0 bridgehead atoms. The lowest BCUT2D eigenvalue weighted by Gasteiger charge is -2.20. The zero-order valence-electron chi connectivity index (χ0n) is 11.0. The first kappa shape index (κ1) is 12.0. The molecule has 3 heterocycles. The van der Waals surface area contributed by atoms with E-state index in [1.807, 2.05) is 4.68 Å². The molecule has 2 aromatic heterocycles. The van der Waals surface area contributed by atoms with E-state index in [1.54, 1.807) is 17.1 Å². The molecule has 3 rings (SSSR count). The van der Waals surface area contributed by atoms with Crippen molar-refractivity contribution in [2.24, 2.45) is 5.92 Å². The lowest BCUT2D eigenvalue weighted by Crippen LogP contribution is -2.19. The van der Waals surface area contributed by atoms with Crippen LogP contribution in [0.4, 0.5) is 0 Å². The molecule has 1 atom stereocenters. The first-order valence-corrected chi connectivity index (χ1v) is 6.37. The van der Waals surface area contributed by atoms with Crippen LogP contribution in [0.25, 0.3) is 5.69 Å². The minimum Gasteiger partial charge on any atom is -0.465 e. The van der Waals surface area contributed by atoms with E-state index in [1.165, 1.54) is 19.0 Å². The molecule has 1 aliphatic heterocycles. The fraction of sp³-hybridized carbons (Fsp3) is 0.462. The molecule has 0 aliphatic carbocycles. The monoisotopic (exact) mass is 260 g/mol. The number of aromatic nitrogens is 4. The fourth-order valence-electron chi connectivity index (χ4n) is 2.45. The quantitative estimate of drug-likeness (QED) is 0.766. The Morgan fingerprint density at radius 2 is 2.26 bits per heavy atom. The average Bonchev–Trinajstić information content (AvgIpc) is 3.03. The molecule has 6 nitrogen and oxygen atoms in total. The third-order valence-electron chi connectivity index (χ3n) is 3.54. The van der Waals surface area contributed by atoms with Crippen molar-refractivity contribution in [2.75, 3.05) is 7.11 Å². The summed E-state index contributed by atoms with van der Waals surface area (Å²) in [6.45, 7) is 3.17. The Morgan fingerprint density at radius 1 is 1.42 bits per heavy atom. The Balaban J connectivity index is 1.95. The van der Waals surface area contributed by atoms with Gasteiger partial charge in [0.05, 0.1) is 30.8 Å². The summed E-state index contributed by atoms with van der Waals surface area (Å²) in [7, 11) is 1.36. The number of esters is 1. The Hall–Kier alpha value is -2.11. The second-order valence-corrected chi connectivity index (χ2v) is 4.97. The average molecular weight is 260 g/mol. The number of hydrogen-bond acceptors (Lipinski definition) is 4. The third-order valence-corrected chi connectivity index (χ3v) is 3.54. The first-order valence-electron chi connectivity index (χ1n) is 6.37. The van der Waals surface area contributed by atoms with E-state index in [9.17, 15) is 4.79 Å². The Morgan fingerprint density at radius 3 is 3.05 bits per heavy atom. The highest BCUT2D eigenvalue weighted by Crippen LogP contribution is 2.24. The molecular weight excluding hydrogens is 244 g/mol. The molecular formula is C13H16N4O2. The van der Waals surface area contributed by atoms with Gasteiger partial charge in [0.25, 0.3) is 0 Å². The molecule has 0 saturated carbocycles. The van der Waals surface area contributed by atoms with E-state index in [4.69, 9.17) is 0 Å². The van der Waals surface area contributed by atoms with E-state index >= 15 is 0 Å². The van der Waals surface area contributed by atoms with Gasteiger partial charge < -0.3 is 4.74 Å². The van der Waals surface area contributed by atoms with Crippen molar-refractivity contribution >= 4 is 5.97 Å². The molecule has 0 aromatic carbocycles. The highest BCUT2D eigenvalue weighted by atomic mass is 16.5. The van der Waals surface area contributed by atoms with E-state index < -0.39 is 0 Å². The van der Waals surface area contributed by atoms with Gasteiger partial charge in [-0.3, -0.25) is 4.68 Å². The second-order valence-electron chi connectivity index (χ2n) is 4.97. The number of ether oxygens (including phenoxy) is 1. The van der Waals surface area contributed by atoms with Crippen LogP contribution in [0.1, 0.15) is 29.4 Å². The predicted molar refractivity (Wildman–Crippen MR) is 68.2 cm³/mol. The SMILES string of the molecule is COC(=O)c1cnn(-c2cnn3c2CC[C@H](C)C3)c1. The number of carbonyl (C=O) groups is 1. The third kappa shape index (κ3) is 2.03. The molecule has 100 valence electrons. The van der Waals surface area contributed by atoms with Crippen molar-refractivity contribution in [2.45, 2.75) is 26.3 Å². The second kappa shape index (κ2) is 4.53. The maximum absolute atomic E-state index is 11.4. The van der Waals surface area contributed by atoms with E-state index in [2.05, 4.69) is 21.9 Å². The maximum atomic E-state index is 11.4. The van der Waals surface area contributed by atoms with Gasteiger partial charge in [0.15, 0.2) is 0 Å². The van der Waals surface area contributed by atoms with Crippen molar-refractivity contribution in [3.8, 4) is 5.69 Å². The lowest BCUT2D eigenvalue weighted by atomic mass is 10.00. The van der Waals surface area contributed by atoms with Gasteiger partial charge in [0.2, 0.25) is 0 Å². The van der Waals surface area contributed by atoms with Crippen LogP contribution < -0.4 is 0 Å². The molecule has 0 fully saturated rings. The number of carbonyl (C=O) groups excluding carboxylic acids is 1. The largest absolute Gasteiger partial charge is 0.465 e. The smallest absolute Gasteiger partial charge is 0.341 e. The van der Waals surface area contributed by atoms with Gasteiger partial charge in [-0.1, -0.05) is 6.92 Å². The number of methoxy groups -OCH3 is 1. The van der Waals surface area contributed by atoms with Crippen LogP contribution >= 0.6 is 0 Å². The van der Waals surface area contributed by atoms with Gasteiger partial charge in [-0.25, -0.2) is 9.48 Å². The van der Waals surface area contributed by atoms with Crippen molar-refractivity contribution in [3.05, 3.63) is 29.8 Å². The van der Waals surface area contributed by atoms with Crippen LogP contribution in [0.5, 0.6) is 0 Å². The van der Waals surface area contributed by atoms with Gasteiger partial charge in [-0.15, -0.1) is 0 Å². The minimum absolute atomic E-state index is 0.374. The van der Waals surface area contributed by atoms with Crippen molar-refractivity contribution in [1.29, 1.82) is 0 Å². The van der Waals surface area contributed by atoms with Crippen molar-refractivity contribution in [1.82, 2.24) is 19.6 Å². The first-order chi connectivity index (χ1) is 9.19. The molecule has 2 aromatic rings. The van der Waals surface area contributed by atoms with Gasteiger partial charge >= 0.3 is 5.97 Å². The Kier molecular flexibility index (Phi) is 2.85. The fourth-order valence-corrected chi connectivity index (χ4v) is 2.45. The summed E-state index contributed by atoms with van der Waals surface area (Å²) in [5.74, 6) is 0.282. The van der Waals surface area contributed by atoms with Crippen LogP contribution in [-0.2, 0) is 17.7 Å². The van der Waals surface area contributed by atoms with Crippen LogP contribution in [0.15, 0.2) is 18.6 Å². The van der Waals surface area contributed by atoms with Crippen LogP contribution in [0, 0.1) is 5.92 Å². The molecule has 0 amide bonds. The normalized spacial score (nSPS) is 18.1. The number of nitrogens with zero attached hydrogens (tertiary/aromatic N) is 4.